The van der Waals surface area contributed by atoms with Crippen molar-refractivity contribution >= 4 is 39.4 Å². The maximum Gasteiger partial charge on any atom is 0.274 e. The van der Waals surface area contributed by atoms with Crippen molar-refractivity contribution in [1.29, 1.82) is 0 Å². The SMILES string of the molecule is COc1c(C(=O)N(C)C2CCN(C(=O)CO)CC2)n(C)c2c1c(=O)n(CC(=O)c1ccccc1)c1ccccc21. The highest BCUT2D eigenvalue weighted by molar-refractivity contribution is 6.12. The number of pyridine rings is 1. The predicted octanol–water partition coefficient (Wildman–Crippen LogP) is 2.44. The monoisotopic (exact) mass is 544 g/mol. The molecule has 1 aliphatic heterocycles. The van der Waals surface area contributed by atoms with Crippen molar-refractivity contribution in [3.05, 3.63) is 76.2 Å². The standard InChI is InChI=1S/C30H32N4O6/c1-31(20-13-15-33(16-14-20)24(37)18-35)30(39)27-28(40-3)25-26(32(27)2)21-11-7-8-12-22(21)34(29(25)38)17-23(36)19-9-5-4-6-10-19/h4-12,20,35H,13-18H2,1-3H3. The molecule has 208 valence electrons. The van der Waals surface area contributed by atoms with Crippen LogP contribution in [0.25, 0.3) is 21.8 Å². The van der Waals surface area contributed by atoms with Crippen LogP contribution in [0, 0.1) is 0 Å². The average Bonchev–Trinajstić information content (AvgIpc) is 3.30. The highest BCUT2D eigenvalue weighted by Crippen LogP contribution is 2.36. The molecular formula is C30H32N4O6. The molecule has 1 aliphatic rings. The topological polar surface area (TPSA) is 114 Å². The van der Waals surface area contributed by atoms with Crippen LogP contribution in [0.15, 0.2) is 59.4 Å². The van der Waals surface area contributed by atoms with Gasteiger partial charge in [-0.15, -0.1) is 0 Å². The van der Waals surface area contributed by atoms with Gasteiger partial charge in [-0.25, -0.2) is 0 Å². The Labute approximate surface area is 231 Å². The lowest BCUT2D eigenvalue weighted by Crippen LogP contribution is -2.48. The van der Waals surface area contributed by atoms with E-state index in [1.54, 1.807) is 58.8 Å². The number of nitrogens with zero attached hydrogens (tertiary/aromatic N) is 4. The molecule has 0 spiro atoms. The smallest absolute Gasteiger partial charge is 0.274 e. The number of para-hydroxylation sites is 1. The summed E-state index contributed by atoms with van der Waals surface area (Å²) in [5.74, 6) is -0.669. The van der Waals surface area contributed by atoms with E-state index < -0.39 is 12.2 Å². The van der Waals surface area contributed by atoms with Crippen LogP contribution in [0.2, 0.25) is 0 Å². The molecule has 10 heteroatoms. The van der Waals surface area contributed by atoms with Crippen molar-refractivity contribution in [2.45, 2.75) is 25.4 Å². The Hall–Kier alpha value is -4.44. The number of hydrogen-bond donors (Lipinski definition) is 1. The predicted molar refractivity (Wildman–Crippen MR) is 151 cm³/mol. The van der Waals surface area contributed by atoms with Crippen LogP contribution in [-0.2, 0) is 18.4 Å². The molecule has 2 amide bonds. The first kappa shape index (κ1) is 27.1. The zero-order valence-corrected chi connectivity index (χ0v) is 22.8. The Morgan fingerprint density at radius 1 is 1.02 bits per heavy atom. The summed E-state index contributed by atoms with van der Waals surface area (Å²) < 4.78 is 8.87. The molecule has 3 heterocycles. The number of aliphatic hydroxyl groups excluding tert-OH is 1. The molecule has 0 atom stereocenters. The second-order valence-electron chi connectivity index (χ2n) is 10.0. The third kappa shape index (κ3) is 4.54. The van der Waals surface area contributed by atoms with E-state index >= 15 is 0 Å². The van der Waals surface area contributed by atoms with Gasteiger partial charge in [-0.3, -0.25) is 23.7 Å². The quantitative estimate of drug-likeness (QED) is 0.358. The van der Waals surface area contributed by atoms with Crippen molar-refractivity contribution in [3.8, 4) is 5.75 Å². The van der Waals surface area contributed by atoms with Crippen LogP contribution in [0.4, 0.5) is 0 Å². The van der Waals surface area contributed by atoms with Crippen LogP contribution >= 0.6 is 0 Å². The van der Waals surface area contributed by atoms with E-state index in [0.717, 1.165) is 5.39 Å². The molecule has 5 rings (SSSR count). The average molecular weight is 545 g/mol. The van der Waals surface area contributed by atoms with Crippen LogP contribution in [0.5, 0.6) is 5.75 Å². The fourth-order valence-electron chi connectivity index (χ4n) is 5.72. The molecule has 0 radical (unpaired) electrons. The number of Topliss-reactive ketones (excluding diaryl/α,β-unsaturated/α-hetero) is 1. The molecule has 2 aromatic heterocycles. The lowest BCUT2D eigenvalue weighted by atomic mass is 10.0. The fourth-order valence-corrected chi connectivity index (χ4v) is 5.72. The number of fused-ring (bicyclic) bond motifs is 3. The van der Waals surface area contributed by atoms with E-state index in [1.165, 1.54) is 11.7 Å². The van der Waals surface area contributed by atoms with Crippen molar-refractivity contribution in [2.75, 3.05) is 33.9 Å². The van der Waals surface area contributed by atoms with E-state index in [1.807, 2.05) is 24.3 Å². The number of ketones is 1. The number of aliphatic hydroxyl groups is 1. The lowest BCUT2D eigenvalue weighted by Gasteiger charge is -2.36. The molecule has 2 aromatic carbocycles. The Morgan fingerprint density at radius 3 is 2.33 bits per heavy atom. The van der Waals surface area contributed by atoms with Crippen molar-refractivity contribution in [2.24, 2.45) is 7.05 Å². The number of hydrogen-bond acceptors (Lipinski definition) is 6. The van der Waals surface area contributed by atoms with Gasteiger partial charge in [-0.1, -0.05) is 48.5 Å². The largest absolute Gasteiger partial charge is 0.493 e. The number of likely N-dealkylation sites (tertiary alicyclic amines) is 1. The van der Waals surface area contributed by atoms with Crippen LogP contribution < -0.4 is 10.3 Å². The van der Waals surface area contributed by atoms with Gasteiger partial charge < -0.3 is 24.2 Å². The molecule has 4 aromatic rings. The molecule has 0 aliphatic carbocycles. The molecule has 1 N–H and O–H groups in total. The van der Waals surface area contributed by atoms with Crippen molar-refractivity contribution in [3.63, 3.8) is 0 Å². The summed E-state index contributed by atoms with van der Waals surface area (Å²) in [5.41, 5.74) is 1.47. The maximum atomic E-state index is 14.0. The van der Waals surface area contributed by atoms with Crippen molar-refractivity contribution < 1.29 is 24.2 Å². The summed E-state index contributed by atoms with van der Waals surface area (Å²) in [6.45, 7) is 0.193. The minimum atomic E-state index is -0.533. The normalized spacial score (nSPS) is 14.1. The number of piperidine rings is 1. The second kappa shape index (κ2) is 11.0. The van der Waals surface area contributed by atoms with Gasteiger partial charge in [0, 0.05) is 44.2 Å². The third-order valence-electron chi connectivity index (χ3n) is 7.88. The van der Waals surface area contributed by atoms with Gasteiger partial charge in [0.1, 0.15) is 12.0 Å². The maximum absolute atomic E-state index is 14.0. The summed E-state index contributed by atoms with van der Waals surface area (Å²) in [4.78, 5) is 56.2. The summed E-state index contributed by atoms with van der Waals surface area (Å²) in [6.07, 6.45) is 1.13. The molecule has 1 fully saturated rings. The highest BCUT2D eigenvalue weighted by Gasteiger charge is 2.33. The summed E-state index contributed by atoms with van der Waals surface area (Å²) in [5, 5.41) is 10.1. The number of methoxy groups -OCH3 is 1. The van der Waals surface area contributed by atoms with Gasteiger partial charge >= 0.3 is 0 Å². The van der Waals surface area contributed by atoms with E-state index in [9.17, 15) is 19.2 Å². The number of carbonyl (C=O) groups is 3. The number of rotatable bonds is 7. The van der Waals surface area contributed by atoms with E-state index in [2.05, 4.69) is 0 Å². The van der Waals surface area contributed by atoms with Crippen LogP contribution in [0.3, 0.4) is 0 Å². The summed E-state index contributed by atoms with van der Waals surface area (Å²) in [6, 6.07) is 16.0. The number of amides is 2. The summed E-state index contributed by atoms with van der Waals surface area (Å²) in [7, 11) is 4.88. The molecule has 0 unspecified atom stereocenters. The number of carbonyl (C=O) groups excluding carboxylic acids is 3. The van der Waals surface area contributed by atoms with Gasteiger partial charge in [0.25, 0.3) is 11.5 Å². The van der Waals surface area contributed by atoms with Gasteiger partial charge in [-0.2, -0.15) is 0 Å². The van der Waals surface area contributed by atoms with Gasteiger partial charge in [0.05, 0.1) is 24.7 Å². The number of ether oxygens (including phenoxy) is 1. The Bertz CT molecular complexity index is 1660. The van der Waals surface area contributed by atoms with Gasteiger partial charge in [-0.05, 0) is 18.9 Å². The molecule has 0 bridgehead atoms. The van der Waals surface area contributed by atoms with Crippen LogP contribution in [-0.4, -0.2) is 81.5 Å². The minimum absolute atomic E-state index is 0.130. The Balaban J connectivity index is 1.59. The number of aromatic nitrogens is 2. The van der Waals surface area contributed by atoms with E-state index in [0.29, 0.717) is 42.5 Å². The van der Waals surface area contributed by atoms with Gasteiger partial charge in [0.15, 0.2) is 17.2 Å². The van der Waals surface area contributed by atoms with Crippen LogP contribution in [0.1, 0.15) is 33.7 Å². The third-order valence-corrected chi connectivity index (χ3v) is 7.88. The van der Waals surface area contributed by atoms with Crippen molar-refractivity contribution in [1.82, 2.24) is 18.9 Å². The molecular weight excluding hydrogens is 512 g/mol. The zero-order valence-electron chi connectivity index (χ0n) is 22.8. The van der Waals surface area contributed by atoms with E-state index in [4.69, 9.17) is 9.84 Å². The fraction of sp³-hybridized carbons (Fsp3) is 0.333. The number of benzene rings is 2. The lowest BCUT2D eigenvalue weighted by molar-refractivity contribution is -0.135. The first-order chi connectivity index (χ1) is 19.3. The molecule has 1 saturated heterocycles. The molecule has 10 nitrogen and oxygen atoms in total. The minimum Gasteiger partial charge on any atom is -0.493 e. The van der Waals surface area contributed by atoms with Gasteiger partial charge in [0.2, 0.25) is 5.91 Å². The Kier molecular flexibility index (Phi) is 7.44. The summed E-state index contributed by atoms with van der Waals surface area (Å²) >= 11 is 0. The molecule has 0 saturated carbocycles. The second-order valence-corrected chi connectivity index (χ2v) is 10.0. The number of aryl methyl sites for hydroxylation is 1. The first-order valence-corrected chi connectivity index (χ1v) is 13.2. The van der Waals surface area contributed by atoms with E-state index in [-0.39, 0.29) is 47.0 Å². The Morgan fingerprint density at radius 2 is 1.68 bits per heavy atom. The first-order valence-electron chi connectivity index (χ1n) is 13.2. The molecule has 40 heavy (non-hydrogen) atoms. The highest BCUT2D eigenvalue weighted by atomic mass is 16.5. The zero-order chi connectivity index (χ0) is 28.6.